The first-order valence-corrected chi connectivity index (χ1v) is 9.98. The van der Waals surface area contributed by atoms with E-state index in [0.717, 1.165) is 0 Å². The molecule has 0 aliphatic heterocycles. The molecule has 0 aliphatic carbocycles. The minimum absolute atomic E-state index is 0. The molecule has 0 aromatic heterocycles. The summed E-state index contributed by atoms with van der Waals surface area (Å²) in [5, 5.41) is 13.7. The Balaban J connectivity index is 0.00000784. The smallest absolute Gasteiger partial charge is 0.314 e. The van der Waals surface area contributed by atoms with Gasteiger partial charge in [0.2, 0.25) is 0 Å². The van der Waals surface area contributed by atoms with Crippen LogP contribution in [0.1, 0.15) is 73.0 Å². The molecule has 166 valence electrons. The van der Waals surface area contributed by atoms with Gasteiger partial charge in [-0.3, -0.25) is 9.59 Å². The number of carbonyl (C=O) groups is 2. The molecule has 0 fully saturated rings. The van der Waals surface area contributed by atoms with Crippen molar-refractivity contribution in [2.75, 3.05) is 6.54 Å². The predicted molar refractivity (Wildman–Crippen MR) is 117 cm³/mol. The number of rotatable bonds is 9. The van der Waals surface area contributed by atoms with Gasteiger partial charge in [-0.15, -0.1) is 12.4 Å². The Morgan fingerprint density at radius 3 is 1.93 bits per heavy atom. The summed E-state index contributed by atoms with van der Waals surface area (Å²) in [6, 6.07) is 4.80. The number of carbonyl (C=O) groups excluding carboxylic acids is 2. The summed E-state index contributed by atoms with van der Waals surface area (Å²) in [5.41, 5.74) is 0.436. The Hall–Kier alpha value is -1.63. The maximum atomic E-state index is 12.3. The highest BCUT2D eigenvalue weighted by Gasteiger charge is 2.22. The first-order valence-electron chi connectivity index (χ1n) is 9.98. The average Bonchev–Trinajstić information content (AvgIpc) is 2.65. The van der Waals surface area contributed by atoms with E-state index in [1.165, 1.54) is 0 Å². The summed E-state index contributed by atoms with van der Waals surface area (Å²) in [4.78, 5) is 24.5. The Labute approximate surface area is 180 Å². The summed E-state index contributed by atoms with van der Waals surface area (Å²) in [7, 11) is 0. The van der Waals surface area contributed by atoms with Gasteiger partial charge in [-0.1, -0.05) is 33.8 Å². The molecule has 2 N–H and O–H groups in total. The minimum atomic E-state index is -0.792. The first-order chi connectivity index (χ1) is 13.0. The zero-order valence-corrected chi connectivity index (χ0v) is 19.4. The largest absolute Gasteiger partial charge is 0.422 e. The van der Waals surface area contributed by atoms with Crippen LogP contribution >= 0.6 is 12.4 Å². The normalized spacial score (nSPS) is 14.3. The number of aliphatic hydroxyl groups is 1. The van der Waals surface area contributed by atoms with Gasteiger partial charge in [-0.05, 0) is 51.3 Å². The second-order valence-electron chi connectivity index (χ2n) is 8.31. The number of benzene rings is 1. The van der Waals surface area contributed by atoms with Crippen molar-refractivity contribution in [3.8, 4) is 11.5 Å². The van der Waals surface area contributed by atoms with E-state index in [-0.39, 0.29) is 47.3 Å². The Morgan fingerprint density at radius 2 is 1.48 bits per heavy atom. The van der Waals surface area contributed by atoms with Crippen LogP contribution in [-0.4, -0.2) is 29.1 Å². The summed E-state index contributed by atoms with van der Waals surface area (Å²) in [6.07, 6.45) is 0.494. The molecular weight excluding hydrogens is 394 g/mol. The van der Waals surface area contributed by atoms with E-state index in [2.05, 4.69) is 5.32 Å². The molecule has 0 saturated heterocycles. The van der Waals surface area contributed by atoms with Crippen LogP contribution in [0, 0.1) is 11.8 Å². The van der Waals surface area contributed by atoms with E-state index >= 15 is 0 Å². The first kappa shape index (κ1) is 27.4. The molecule has 1 rings (SSSR count). The topological polar surface area (TPSA) is 84.9 Å². The minimum Gasteiger partial charge on any atom is -0.422 e. The van der Waals surface area contributed by atoms with E-state index < -0.39 is 12.1 Å². The molecule has 1 aromatic rings. The van der Waals surface area contributed by atoms with Crippen LogP contribution in [-0.2, 0) is 9.59 Å². The van der Waals surface area contributed by atoms with Gasteiger partial charge < -0.3 is 19.9 Å². The van der Waals surface area contributed by atoms with Gasteiger partial charge in [0, 0.05) is 12.1 Å². The number of hydrogen-bond acceptors (Lipinski definition) is 6. The lowest BCUT2D eigenvalue weighted by atomic mass is 10.1. The molecule has 0 heterocycles. The molecule has 0 amide bonds. The number of ether oxygens (including phenoxy) is 2. The van der Waals surface area contributed by atoms with Gasteiger partial charge in [0.05, 0.1) is 17.9 Å². The van der Waals surface area contributed by atoms with E-state index in [9.17, 15) is 14.7 Å². The van der Waals surface area contributed by atoms with Crippen LogP contribution in [0.15, 0.2) is 18.2 Å². The van der Waals surface area contributed by atoms with Crippen LogP contribution in [0.3, 0.4) is 0 Å². The summed E-state index contributed by atoms with van der Waals surface area (Å²) in [5.74, 6) is -1.00. The predicted octanol–water partition coefficient (Wildman–Crippen LogP) is 4.43. The lowest BCUT2D eigenvalue weighted by molar-refractivity contribution is -0.141. The monoisotopic (exact) mass is 429 g/mol. The van der Waals surface area contributed by atoms with E-state index in [1.807, 2.05) is 34.6 Å². The van der Waals surface area contributed by atoms with Crippen LogP contribution in [0.4, 0.5) is 0 Å². The zero-order valence-electron chi connectivity index (χ0n) is 18.6. The van der Waals surface area contributed by atoms with Gasteiger partial charge in [0.25, 0.3) is 0 Å². The standard InChI is InChI=1S/C22H35NO5.ClH/c1-8-14(3)20(25)27-18-11-10-16(17(24)13-23-22(5,6)7)12-19(18)28-21(26)15(4)9-2;/h10-12,14-15,17,23-24H,8-9,13H2,1-7H3;1H/t14?,15?,17-;/m0./s1. The lowest BCUT2D eigenvalue weighted by Gasteiger charge is -2.23. The number of aliphatic hydroxyl groups excluding tert-OH is 1. The fraction of sp³-hybridized carbons (Fsp3) is 0.636. The highest BCUT2D eigenvalue weighted by Crippen LogP contribution is 2.32. The summed E-state index contributed by atoms with van der Waals surface area (Å²) < 4.78 is 10.9. The Kier molecular flexibility index (Phi) is 11.5. The van der Waals surface area contributed by atoms with Crippen molar-refractivity contribution >= 4 is 24.3 Å². The fourth-order valence-corrected chi connectivity index (χ4v) is 2.17. The van der Waals surface area contributed by atoms with Crippen LogP contribution in [0.2, 0.25) is 0 Å². The Bertz CT molecular complexity index is 672. The molecule has 0 bridgehead atoms. The van der Waals surface area contributed by atoms with Crippen LogP contribution in [0.25, 0.3) is 0 Å². The van der Waals surface area contributed by atoms with Gasteiger partial charge in [-0.2, -0.15) is 0 Å². The number of halogens is 1. The maximum Gasteiger partial charge on any atom is 0.314 e. The van der Waals surface area contributed by atoms with E-state index in [0.29, 0.717) is 24.9 Å². The third-order valence-corrected chi connectivity index (χ3v) is 4.63. The molecule has 2 unspecified atom stereocenters. The van der Waals surface area contributed by atoms with Gasteiger partial charge in [0.1, 0.15) is 0 Å². The molecule has 7 heteroatoms. The number of esters is 2. The number of β-amino-alcohol motifs (C(OH)–C–C–N with tert-alkyl or cyclic N) is 1. The van der Waals surface area contributed by atoms with Crippen molar-refractivity contribution in [2.24, 2.45) is 11.8 Å². The molecule has 29 heavy (non-hydrogen) atoms. The molecule has 0 aliphatic rings. The summed E-state index contributed by atoms with van der Waals surface area (Å²) >= 11 is 0. The van der Waals surface area contributed by atoms with Crippen molar-refractivity contribution in [1.29, 1.82) is 0 Å². The third-order valence-electron chi connectivity index (χ3n) is 4.63. The van der Waals surface area contributed by atoms with Crippen molar-refractivity contribution in [3.63, 3.8) is 0 Å². The fourth-order valence-electron chi connectivity index (χ4n) is 2.17. The molecule has 1 aromatic carbocycles. The second kappa shape index (κ2) is 12.2. The third kappa shape index (κ3) is 9.15. The second-order valence-corrected chi connectivity index (χ2v) is 8.31. The lowest BCUT2D eigenvalue weighted by Crippen LogP contribution is -2.38. The highest BCUT2D eigenvalue weighted by atomic mass is 35.5. The number of hydrogen-bond donors (Lipinski definition) is 2. The quantitative estimate of drug-likeness (QED) is 0.446. The van der Waals surface area contributed by atoms with Crippen molar-refractivity contribution < 1.29 is 24.2 Å². The zero-order chi connectivity index (χ0) is 21.5. The van der Waals surface area contributed by atoms with Crippen LogP contribution in [0.5, 0.6) is 11.5 Å². The molecule has 0 spiro atoms. The van der Waals surface area contributed by atoms with Crippen molar-refractivity contribution in [3.05, 3.63) is 23.8 Å². The van der Waals surface area contributed by atoms with E-state index in [1.54, 1.807) is 32.0 Å². The highest BCUT2D eigenvalue weighted by molar-refractivity contribution is 5.85. The van der Waals surface area contributed by atoms with Gasteiger partial charge >= 0.3 is 11.9 Å². The maximum absolute atomic E-state index is 12.3. The molecular formula is C22H36ClNO5. The Morgan fingerprint density at radius 1 is 1.00 bits per heavy atom. The molecule has 0 saturated carbocycles. The molecule has 3 atom stereocenters. The van der Waals surface area contributed by atoms with E-state index in [4.69, 9.17) is 9.47 Å². The van der Waals surface area contributed by atoms with Crippen LogP contribution < -0.4 is 14.8 Å². The molecule has 6 nitrogen and oxygen atoms in total. The van der Waals surface area contributed by atoms with Crippen molar-refractivity contribution in [2.45, 2.75) is 73.0 Å². The van der Waals surface area contributed by atoms with Gasteiger partial charge in [0.15, 0.2) is 11.5 Å². The molecule has 0 radical (unpaired) electrons. The van der Waals surface area contributed by atoms with Crippen molar-refractivity contribution in [1.82, 2.24) is 5.32 Å². The average molecular weight is 430 g/mol. The summed E-state index contributed by atoms with van der Waals surface area (Å²) in [6.45, 7) is 13.7. The SMILES string of the molecule is CCC(C)C(=O)Oc1ccc([C@@H](O)CNC(C)(C)C)cc1OC(=O)C(C)CC.Cl. The number of nitrogens with one attached hydrogen (secondary N) is 1. The van der Waals surface area contributed by atoms with Gasteiger partial charge in [-0.25, -0.2) is 0 Å².